The van der Waals surface area contributed by atoms with Gasteiger partial charge in [-0.3, -0.25) is 4.79 Å². The normalized spacial score (nSPS) is 14.1. The number of nitrogens with zero attached hydrogens (tertiary/aromatic N) is 2. The van der Waals surface area contributed by atoms with Crippen molar-refractivity contribution < 1.29 is 17.9 Å². The predicted molar refractivity (Wildman–Crippen MR) is 118 cm³/mol. The summed E-state index contributed by atoms with van der Waals surface area (Å²) in [6, 6.07) is 8.10. The summed E-state index contributed by atoms with van der Waals surface area (Å²) in [4.78, 5) is 20.7. The van der Waals surface area contributed by atoms with Gasteiger partial charge in [0.15, 0.2) is 27.2 Å². The van der Waals surface area contributed by atoms with E-state index in [-0.39, 0.29) is 36.0 Å². The van der Waals surface area contributed by atoms with Gasteiger partial charge in [-0.1, -0.05) is 51.1 Å². The molecule has 0 saturated carbocycles. The molecule has 1 aromatic heterocycles. The molecule has 2 atom stereocenters. The van der Waals surface area contributed by atoms with Crippen molar-refractivity contribution in [1.29, 1.82) is 0 Å². The zero-order valence-corrected chi connectivity index (χ0v) is 19.0. The number of sulfone groups is 1. The number of carbonyl (C=O) groups excluding carboxylic acids is 1. The Labute approximate surface area is 179 Å². The molecule has 7 heteroatoms. The van der Waals surface area contributed by atoms with Gasteiger partial charge in [0.05, 0.1) is 12.4 Å². The maximum atomic E-state index is 12.3. The summed E-state index contributed by atoms with van der Waals surface area (Å²) in [5, 5.41) is 1.17. The number of aryl methyl sites for hydroxylation is 1. The quantitative estimate of drug-likeness (QED) is 0.507. The van der Waals surface area contributed by atoms with Crippen LogP contribution < -0.4 is 4.74 Å². The second-order valence-electron chi connectivity index (χ2n) is 7.98. The van der Waals surface area contributed by atoms with E-state index < -0.39 is 9.84 Å². The molecule has 0 aliphatic heterocycles. The van der Waals surface area contributed by atoms with Crippen LogP contribution in [-0.2, 0) is 9.84 Å². The third-order valence-electron chi connectivity index (χ3n) is 4.72. The lowest BCUT2D eigenvalue weighted by atomic mass is 9.95. The minimum Gasteiger partial charge on any atom is -0.482 e. The minimum atomic E-state index is -3.16. The summed E-state index contributed by atoms with van der Waals surface area (Å²) < 4.78 is 28.5. The Morgan fingerprint density at radius 2 is 1.77 bits per heavy atom. The van der Waals surface area contributed by atoms with Crippen LogP contribution in [0.5, 0.6) is 5.75 Å². The van der Waals surface area contributed by atoms with Crippen LogP contribution in [0.3, 0.4) is 0 Å². The maximum absolute atomic E-state index is 12.3. The van der Waals surface area contributed by atoms with Gasteiger partial charge in [0.25, 0.3) is 0 Å². The Bertz CT molecular complexity index is 983. The van der Waals surface area contributed by atoms with Crippen molar-refractivity contribution >= 4 is 15.6 Å². The molecular weight excluding hydrogens is 400 g/mol. The van der Waals surface area contributed by atoms with Crippen LogP contribution in [0.2, 0.25) is 0 Å². The number of carbonyl (C=O) groups is 1. The van der Waals surface area contributed by atoms with Crippen molar-refractivity contribution in [3.8, 4) is 5.75 Å². The monoisotopic (exact) mass is 430 g/mol. The van der Waals surface area contributed by atoms with Crippen LogP contribution in [0.25, 0.3) is 0 Å². The van der Waals surface area contributed by atoms with Gasteiger partial charge in [-0.2, -0.15) is 0 Å². The number of benzene rings is 1. The molecule has 2 rings (SSSR count). The van der Waals surface area contributed by atoms with Crippen molar-refractivity contribution in [3.05, 3.63) is 65.1 Å². The molecule has 1 aromatic carbocycles. The van der Waals surface area contributed by atoms with Crippen molar-refractivity contribution in [1.82, 2.24) is 9.97 Å². The first-order chi connectivity index (χ1) is 14.1. The highest BCUT2D eigenvalue weighted by molar-refractivity contribution is 7.93. The number of aromatic nitrogens is 2. The molecule has 0 amide bonds. The van der Waals surface area contributed by atoms with Gasteiger partial charge in [-0.05, 0) is 36.3 Å². The fraction of sp³-hybridized carbons (Fsp3) is 0.435. The van der Waals surface area contributed by atoms with Crippen molar-refractivity contribution in [2.75, 3.05) is 6.26 Å². The first kappa shape index (κ1) is 23.7. The Kier molecular flexibility index (Phi) is 8.29. The second kappa shape index (κ2) is 10.5. The van der Waals surface area contributed by atoms with Crippen molar-refractivity contribution in [2.45, 2.75) is 46.6 Å². The van der Waals surface area contributed by atoms with Crippen LogP contribution >= 0.6 is 0 Å². The topological polar surface area (TPSA) is 86.2 Å². The SMILES string of the molecule is Cc1ccccc1[C@@H](Oc1cnc(C(=O)CC[C@H](C)/C=C/S(C)(=O)=O)nc1)C(C)C. The van der Waals surface area contributed by atoms with Crippen LogP contribution in [0.1, 0.15) is 61.5 Å². The second-order valence-corrected chi connectivity index (χ2v) is 9.91. The number of rotatable bonds is 10. The fourth-order valence-electron chi connectivity index (χ4n) is 2.98. The van der Waals surface area contributed by atoms with E-state index in [0.717, 1.165) is 17.4 Å². The summed E-state index contributed by atoms with van der Waals surface area (Å²) >= 11 is 0. The van der Waals surface area contributed by atoms with E-state index in [4.69, 9.17) is 4.74 Å². The summed E-state index contributed by atoms with van der Waals surface area (Å²) in [5.41, 5.74) is 2.27. The molecular formula is C23H30N2O4S. The molecule has 0 fully saturated rings. The summed E-state index contributed by atoms with van der Waals surface area (Å²) in [5.74, 6) is 0.679. The molecule has 0 aliphatic carbocycles. The summed E-state index contributed by atoms with van der Waals surface area (Å²) in [7, 11) is -3.16. The molecule has 30 heavy (non-hydrogen) atoms. The van der Waals surface area contributed by atoms with Gasteiger partial charge in [-0.25, -0.2) is 18.4 Å². The molecule has 2 aromatic rings. The third-order valence-corrected chi connectivity index (χ3v) is 5.37. The van der Waals surface area contributed by atoms with E-state index in [0.29, 0.717) is 12.2 Å². The molecule has 0 spiro atoms. The molecule has 162 valence electrons. The zero-order valence-electron chi connectivity index (χ0n) is 18.2. The number of Topliss-reactive ketones (excluding diaryl/α,β-unsaturated/α-hetero) is 1. The standard InChI is InChI=1S/C23H30N2O4S/c1-16(2)22(20-9-7-6-8-18(20)4)29-19-14-24-23(25-15-19)21(26)11-10-17(3)12-13-30(5,27)28/h6-9,12-17,22H,10-11H2,1-5H3/b13-12+/t17-,22-/m0/s1. The van der Waals surface area contributed by atoms with Gasteiger partial charge in [-0.15, -0.1) is 0 Å². The number of hydrogen-bond acceptors (Lipinski definition) is 6. The van der Waals surface area contributed by atoms with Crippen LogP contribution in [0.15, 0.2) is 48.1 Å². The average molecular weight is 431 g/mol. The van der Waals surface area contributed by atoms with Crippen LogP contribution in [-0.4, -0.2) is 30.4 Å². The molecule has 0 radical (unpaired) electrons. The number of ketones is 1. The van der Waals surface area contributed by atoms with E-state index in [1.807, 2.05) is 19.1 Å². The first-order valence-corrected chi connectivity index (χ1v) is 12.0. The molecule has 6 nitrogen and oxygen atoms in total. The Balaban J connectivity index is 2.01. The van der Waals surface area contributed by atoms with Crippen LogP contribution in [0, 0.1) is 18.8 Å². The maximum Gasteiger partial charge on any atom is 0.200 e. The van der Waals surface area contributed by atoms with Crippen LogP contribution in [0.4, 0.5) is 0 Å². The molecule has 0 aliphatic rings. The predicted octanol–water partition coefficient (Wildman–Crippen LogP) is 4.72. The lowest BCUT2D eigenvalue weighted by molar-refractivity contribution is 0.0966. The van der Waals surface area contributed by atoms with E-state index in [2.05, 4.69) is 42.9 Å². The Morgan fingerprint density at radius 1 is 1.13 bits per heavy atom. The Hall–Kier alpha value is -2.54. The highest BCUT2D eigenvalue weighted by atomic mass is 32.2. The van der Waals surface area contributed by atoms with E-state index in [9.17, 15) is 13.2 Å². The zero-order chi connectivity index (χ0) is 22.3. The van der Waals surface area contributed by atoms with Crippen molar-refractivity contribution in [2.24, 2.45) is 11.8 Å². The first-order valence-electron chi connectivity index (χ1n) is 10.0. The fourth-order valence-corrected chi connectivity index (χ4v) is 3.53. The molecule has 1 heterocycles. The van der Waals surface area contributed by atoms with Gasteiger partial charge in [0.2, 0.25) is 0 Å². The highest BCUT2D eigenvalue weighted by Crippen LogP contribution is 2.29. The molecule has 0 saturated heterocycles. The number of hydrogen-bond donors (Lipinski definition) is 0. The van der Waals surface area contributed by atoms with Gasteiger partial charge in [0, 0.05) is 18.1 Å². The smallest absolute Gasteiger partial charge is 0.200 e. The minimum absolute atomic E-state index is 0.0350. The lowest BCUT2D eigenvalue weighted by Crippen LogP contribution is -2.16. The highest BCUT2D eigenvalue weighted by Gasteiger charge is 2.20. The summed E-state index contributed by atoms with van der Waals surface area (Å²) in [6.07, 6.45) is 6.42. The van der Waals surface area contributed by atoms with E-state index in [1.165, 1.54) is 17.8 Å². The van der Waals surface area contributed by atoms with E-state index in [1.54, 1.807) is 6.08 Å². The van der Waals surface area contributed by atoms with Crippen molar-refractivity contribution in [3.63, 3.8) is 0 Å². The largest absolute Gasteiger partial charge is 0.482 e. The molecule has 0 bridgehead atoms. The van der Waals surface area contributed by atoms with Gasteiger partial charge in [0.1, 0.15) is 6.10 Å². The average Bonchev–Trinajstić information content (AvgIpc) is 2.69. The van der Waals surface area contributed by atoms with E-state index >= 15 is 0 Å². The summed E-state index contributed by atoms with van der Waals surface area (Å²) in [6.45, 7) is 8.10. The number of allylic oxidation sites excluding steroid dienone is 1. The van der Waals surface area contributed by atoms with Gasteiger partial charge >= 0.3 is 0 Å². The molecule has 0 N–H and O–H groups in total. The number of ether oxygens (including phenoxy) is 1. The lowest BCUT2D eigenvalue weighted by Gasteiger charge is -2.24. The molecule has 0 unspecified atom stereocenters. The third kappa shape index (κ3) is 7.37. The van der Waals surface area contributed by atoms with Gasteiger partial charge < -0.3 is 4.74 Å². The Morgan fingerprint density at radius 3 is 2.33 bits per heavy atom.